The second-order valence-corrected chi connectivity index (χ2v) is 5.08. The van der Waals surface area contributed by atoms with Crippen LogP contribution >= 0.6 is 22.6 Å². The number of benzene rings is 2. The van der Waals surface area contributed by atoms with Crippen LogP contribution in [0.3, 0.4) is 0 Å². The van der Waals surface area contributed by atoms with E-state index in [9.17, 15) is 13.2 Å². The zero-order valence-corrected chi connectivity index (χ0v) is 11.9. The quantitative estimate of drug-likeness (QED) is 0.692. The van der Waals surface area contributed by atoms with E-state index in [1.54, 1.807) is 28.7 Å². The number of ether oxygens (including phenoxy) is 1. The van der Waals surface area contributed by atoms with Gasteiger partial charge in [0, 0.05) is 3.57 Å². The largest absolute Gasteiger partial charge is 0.489 e. The minimum atomic E-state index is -4.36. The van der Waals surface area contributed by atoms with Gasteiger partial charge in [-0.1, -0.05) is 30.3 Å². The molecule has 0 aliphatic heterocycles. The Hall–Kier alpha value is -1.24. The minimum Gasteiger partial charge on any atom is -0.489 e. The van der Waals surface area contributed by atoms with Crippen molar-refractivity contribution in [3.8, 4) is 5.75 Å². The summed E-state index contributed by atoms with van der Waals surface area (Å²) in [6.45, 7) is 0.249. The van der Waals surface area contributed by atoms with Gasteiger partial charge in [-0.2, -0.15) is 13.2 Å². The Balaban J connectivity index is 2.14. The molecule has 5 heteroatoms. The molecule has 0 aliphatic carbocycles. The molecule has 0 radical (unpaired) electrons. The summed E-state index contributed by atoms with van der Waals surface area (Å²) in [7, 11) is 0. The van der Waals surface area contributed by atoms with E-state index in [1.807, 2.05) is 30.3 Å². The molecule has 0 unspecified atom stereocenters. The summed E-state index contributed by atoms with van der Waals surface area (Å²) in [4.78, 5) is 0. The van der Waals surface area contributed by atoms with E-state index >= 15 is 0 Å². The molecule has 1 nitrogen and oxygen atoms in total. The monoisotopic (exact) mass is 378 g/mol. The van der Waals surface area contributed by atoms with Crippen molar-refractivity contribution in [1.82, 2.24) is 0 Å². The molecule has 0 heterocycles. The van der Waals surface area contributed by atoms with Crippen LogP contribution < -0.4 is 4.74 Å². The number of hydrogen-bond acceptors (Lipinski definition) is 1. The van der Waals surface area contributed by atoms with Crippen LogP contribution in [0.25, 0.3) is 0 Å². The van der Waals surface area contributed by atoms with Gasteiger partial charge in [0.15, 0.2) is 0 Å². The van der Waals surface area contributed by atoms with Crippen molar-refractivity contribution in [2.75, 3.05) is 0 Å². The third-order valence-corrected chi connectivity index (χ3v) is 3.43. The molecule has 2 rings (SSSR count). The first-order valence-corrected chi connectivity index (χ1v) is 6.58. The molecule has 2 aromatic carbocycles. The van der Waals surface area contributed by atoms with Gasteiger partial charge in [0.05, 0.1) is 5.56 Å². The smallest absolute Gasteiger partial charge is 0.417 e. The molecular formula is C14H10F3IO. The lowest BCUT2D eigenvalue weighted by Crippen LogP contribution is -2.08. The molecule has 0 amide bonds. The van der Waals surface area contributed by atoms with Crippen molar-refractivity contribution < 1.29 is 17.9 Å². The van der Waals surface area contributed by atoms with Crippen molar-refractivity contribution in [1.29, 1.82) is 0 Å². The predicted molar refractivity (Wildman–Crippen MR) is 74.9 cm³/mol. The number of alkyl halides is 3. The fourth-order valence-corrected chi connectivity index (χ4v) is 2.19. The van der Waals surface area contributed by atoms with Crippen LogP contribution in [0.1, 0.15) is 11.1 Å². The molecule has 100 valence electrons. The van der Waals surface area contributed by atoms with Crippen molar-refractivity contribution in [2.45, 2.75) is 12.8 Å². The zero-order valence-electron chi connectivity index (χ0n) is 9.75. The van der Waals surface area contributed by atoms with Gasteiger partial charge in [-0.25, -0.2) is 0 Å². The van der Waals surface area contributed by atoms with Crippen molar-refractivity contribution in [2.24, 2.45) is 0 Å². The second kappa shape index (κ2) is 5.81. The van der Waals surface area contributed by atoms with E-state index in [2.05, 4.69) is 0 Å². The lowest BCUT2D eigenvalue weighted by Gasteiger charge is -2.12. The highest BCUT2D eigenvalue weighted by Crippen LogP contribution is 2.35. The Kier molecular flexibility index (Phi) is 4.34. The second-order valence-electron chi connectivity index (χ2n) is 3.91. The van der Waals surface area contributed by atoms with Gasteiger partial charge in [0.1, 0.15) is 12.4 Å². The van der Waals surface area contributed by atoms with E-state index < -0.39 is 11.7 Å². The van der Waals surface area contributed by atoms with Gasteiger partial charge in [-0.3, -0.25) is 0 Å². The standard InChI is InChI=1S/C14H10F3IO/c15-14(16,17)12-8-11(6-7-13(12)18)19-9-10-4-2-1-3-5-10/h1-8H,9H2. The average Bonchev–Trinajstić information content (AvgIpc) is 2.37. The fraction of sp³-hybridized carbons (Fsp3) is 0.143. The van der Waals surface area contributed by atoms with Crippen molar-refractivity contribution in [3.05, 3.63) is 63.2 Å². The topological polar surface area (TPSA) is 9.23 Å². The summed E-state index contributed by atoms with van der Waals surface area (Å²) in [5.41, 5.74) is 0.244. The molecule has 0 fully saturated rings. The number of hydrogen-bond donors (Lipinski definition) is 0. The molecule has 0 saturated heterocycles. The third kappa shape index (κ3) is 3.86. The lowest BCUT2D eigenvalue weighted by molar-refractivity contribution is -0.138. The molecule has 0 spiro atoms. The maximum Gasteiger partial charge on any atom is 0.417 e. The molecule has 0 aromatic heterocycles. The van der Waals surface area contributed by atoms with Gasteiger partial charge < -0.3 is 4.74 Å². The van der Waals surface area contributed by atoms with Crippen molar-refractivity contribution >= 4 is 22.6 Å². The SMILES string of the molecule is FC(F)(F)c1cc(OCc2ccccc2)ccc1I. The highest BCUT2D eigenvalue weighted by atomic mass is 127. The van der Waals surface area contributed by atoms with Crippen LogP contribution in [-0.2, 0) is 12.8 Å². The predicted octanol–water partition coefficient (Wildman–Crippen LogP) is 4.89. The third-order valence-electron chi connectivity index (χ3n) is 2.49. The number of rotatable bonds is 3. The molecule has 2 aromatic rings. The van der Waals surface area contributed by atoms with E-state index in [4.69, 9.17) is 4.74 Å². The van der Waals surface area contributed by atoms with E-state index in [-0.39, 0.29) is 15.9 Å². The summed E-state index contributed by atoms with van der Waals surface area (Å²) in [6.07, 6.45) is -4.36. The normalized spacial score (nSPS) is 11.4. The highest BCUT2D eigenvalue weighted by molar-refractivity contribution is 14.1. The van der Waals surface area contributed by atoms with Crippen LogP contribution in [0.2, 0.25) is 0 Å². The summed E-state index contributed by atoms with van der Waals surface area (Å²) < 4.78 is 43.7. The van der Waals surface area contributed by atoms with E-state index in [0.717, 1.165) is 11.6 Å². The Morgan fingerprint density at radius 3 is 2.32 bits per heavy atom. The van der Waals surface area contributed by atoms with E-state index in [0.29, 0.717) is 0 Å². The Labute approximate surface area is 122 Å². The summed E-state index contributed by atoms with van der Waals surface area (Å²) in [5.74, 6) is 0.219. The Bertz CT molecular complexity index is 552. The van der Waals surface area contributed by atoms with Crippen molar-refractivity contribution in [3.63, 3.8) is 0 Å². The Morgan fingerprint density at radius 2 is 1.68 bits per heavy atom. The summed E-state index contributed by atoms with van der Waals surface area (Å²) in [6, 6.07) is 13.3. The van der Waals surface area contributed by atoms with Crippen LogP contribution in [0.5, 0.6) is 5.75 Å². The first-order chi connectivity index (χ1) is 8.97. The van der Waals surface area contributed by atoms with Gasteiger partial charge in [-0.05, 0) is 46.4 Å². The highest BCUT2D eigenvalue weighted by Gasteiger charge is 2.33. The maximum atomic E-state index is 12.7. The van der Waals surface area contributed by atoms with Gasteiger partial charge in [-0.15, -0.1) is 0 Å². The van der Waals surface area contributed by atoms with Gasteiger partial charge >= 0.3 is 6.18 Å². The molecule has 0 bridgehead atoms. The van der Waals surface area contributed by atoms with Gasteiger partial charge in [0.2, 0.25) is 0 Å². The molecular weight excluding hydrogens is 368 g/mol. The first-order valence-electron chi connectivity index (χ1n) is 5.50. The van der Waals surface area contributed by atoms with Crippen LogP contribution in [0.15, 0.2) is 48.5 Å². The summed E-state index contributed by atoms with van der Waals surface area (Å²) in [5, 5.41) is 0. The average molecular weight is 378 g/mol. The van der Waals surface area contributed by atoms with Gasteiger partial charge in [0.25, 0.3) is 0 Å². The van der Waals surface area contributed by atoms with Crippen LogP contribution in [-0.4, -0.2) is 0 Å². The Morgan fingerprint density at radius 1 is 1.00 bits per heavy atom. The van der Waals surface area contributed by atoms with Crippen LogP contribution in [0, 0.1) is 3.57 Å². The molecule has 0 atom stereocenters. The summed E-state index contributed by atoms with van der Waals surface area (Å²) >= 11 is 1.67. The fourth-order valence-electron chi connectivity index (χ4n) is 1.55. The molecule has 0 saturated carbocycles. The minimum absolute atomic E-state index is 0.164. The molecule has 0 N–H and O–H groups in total. The molecule has 0 aliphatic rings. The lowest BCUT2D eigenvalue weighted by atomic mass is 10.2. The number of halogens is 4. The first kappa shape index (κ1) is 14.2. The maximum absolute atomic E-state index is 12.7. The zero-order chi connectivity index (χ0) is 13.9. The van der Waals surface area contributed by atoms with Crippen LogP contribution in [0.4, 0.5) is 13.2 Å². The van der Waals surface area contributed by atoms with E-state index in [1.165, 1.54) is 6.07 Å². The molecule has 19 heavy (non-hydrogen) atoms.